The molecule has 2 bridgehead atoms. The van der Waals surface area contributed by atoms with E-state index in [-0.39, 0.29) is 45.1 Å². The summed E-state index contributed by atoms with van der Waals surface area (Å²) in [5.41, 5.74) is 0.814. The van der Waals surface area contributed by atoms with Crippen molar-refractivity contribution in [2.45, 2.75) is 16.1 Å². The molecule has 2 aromatic carbocycles. The van der Waals surface area contributed by atoms with Gasteiger partial charge in [-0.3, -0.25) is 14.5 Å². The number of rotatable bonds is 4. The van der Waals surface area contributed by atoms with Crippen LogP contribution in [0.1, 0.15) is 16.8 Å². The molecular weight excluding hydrogens is 530 g/mol. The van der Waals surface area contributed by atoms with Crippen molar-refractivity contribution in [2.75, 3.05) is 12.0 Å². The van der Waals surface area contributed by atoms with E-state index in [4.69, 9.17) is 9.47 Å². The third-order valence-electron chi connectivity index (χ3n) is 6.62. The maximum atomic E-state index is 13.1. The monoisotopic (exact) mass is 547 g/mol. The SMILES string of the molecule is COc1ccccc1C(=O)Oc1ccc(N2C(=O)[C@@H]3[C@@H]4C[C@H]([C@H](Br)[C@@H]4Br)[C@@H]3C2=O)cc1. The van der Waals surface area contributed by atoms with Gasteiger partial charge in [-0.05, 0) is 54.7 Å². The predicted octanol–water partition coefficient (Wildman–Crippen LogP) is 4.20. The molecule has 1 aliphatic heterocycles. The standard InChI is InChI=1S/C23H19Br2NO5/c1-30-16-5-3-2-4-13(16)23(29)31-12-8-6-11(7-9-12)26-21(27)17-14-10-15(18(17)22(26)28)20(25)19(14)24/h2-9,14-15,17-20H,10H2,1H3/t14-,15-,17-,18+,19-,20+/m0/s1. The third kappa shape index (κ3) is 3.14. The van der Waals surface area contributed by atoms with E-state index >= 15 is 0 Å². The Labute approximate surface area is 196 Å². The Balaban J connectivity index is 1.35. The normalized spacial score (nSPS) is 31.1. The van der Waals surface area contributed by atoms with Crippen molar-refractivity contribution in [3.8, 4) is 11.5 Å². The number of ether oxygens (including phenoxy) is 2. The summed E-state index contributed by atoms with van der Waals surface area (Å²) in [6, 6.07) is 13.3. The average Bonchev–Trinajstić information content (AvgIpc) is 3.39. The fraction of sp³-hybridized carbons (Fsp3) is 0.348. The van der Waals surface area contributed by atoms with Gasteiger partial charge in [0.05, 0.1) is 24.6 Å². The smallest absolute Gasteiger partial charge is 0.347 e. The lowest BCUT2D eigenvalue weighted by Gasteiger charge is -2.28. The molecule has 0 spiro atoms. The molecule has 3 fully saturated rings. The molecule has 6 nitrogen and oxygen atoms in total. The Hall–Kier alpha value is -2.19. The molecule has 2 amide bonds. The second kappa shape index (κ2) is 7.74. The molecule has 31 heavy (non-hydrogen) atoms. The Morgan fingerprint density at radius 1 is 0.935 bits per heavy atom. The summed E-state index contributed by atoms with van der Waals surface area (Å²) in [5, 5.41) is 0. The van der Waals surface area contributed by atoms with Crippen LogP contribution in [0.5, 0.6) is 11.5 Å². The van der Waals surface area contributed by atoms with E-state index < -0.39 is 5.97 Å². The van der Waals surface area contributed by atoms with Crippen LogP contribution in [0.15, 0.2) is 48.5 Å². The molecule has 160 valence electrons. The van der Waals surface area contributed by atoms with Gasteiger partial charge in [-0.1, -0.05) is 44.0 Å². The number of imide groups is 1. The van der Waals surface area contributed by atoms with Gasteiger partial charge in [0, 0.05) is 9.65 Å². The topological polar surface area (TPSA) is 72.9 Å². The summed E-state index contributed by atoms with van der Waals surface area (Å²) in [6.07, 6.45) is 0.893. The number of hydrogen-bond donors (Lipinski definition) is 0. The molecular formula is C23H19Br2NO5. The van der Waals surface area contributed by atoms with Crippen LogP contribution in [-0.2, 0) is 9.59 Å². The van der Waals surface area contributed by atoms with Crippen LogP contribution in [-0.4, -0.2) is 34.5 Å². The van der Waals surface area contributed by atoms with Gasteiger partial charge in [0.15, 0.2) is 0 Å². The van der Waals surface area contributed by atoms with Crippen molar-refractivity contribution in [2.24, 2.45) is 23.7 Å². The van der Waals surface area contributed by atoms with E-state index in [1.807, 2.05) is 0 Å². The molecule has 2 saturated carbocycles. The largest absolute Gasteiger partial charge is 0.496 e. The average molecular weight is 549 g/mol. The van der Waals surface area contributed by atoms with Crippen molar-refractivity contribution in [1.29, 1.82) is 0 Å². The summed E-state index contributed by atoms with van der Waals surface area (Å²) < 4.78 is 10.6. The van der Waals surface area contributed by atoms with Gasteiger partial charge in [0.1, 0.15) is 17.1 Å². The van der Waals surface area contributed by atoms with Crippen molar-refractivity contribution in [1.82, 2.24) is 0 Å². The minimum Gasteiger partial charge on any atom is -0.496 e. The first-order valence-electron chi connectivity index (χ1n) is 10.0. The molecule has 0 N–H and O–H groups in total. The van der Waals surface area contributed by atoms with Gasteiger partial charge in [-0.25, -0.2) is 4.79 Å². The molecule has 0 unspecified atom stereocenters. The number of anilines is 1. The quantitative estimate of drug-likeness (QED) is 0.248. The molecule has 1 heterocycles. The number of carbonyl (C=O) groups is 3. The molecule has 6 atom stereocenters. The van der Waals surface area contributed by atoms with Crippen molar-refractivity contribution < 1.29 is 23.9 Å². The number of carbonyl (C=O) groups excluding carboxylic acids is 3. The van der Waals surface area contributed by atoms with Crippen LogP contribution >= 0.6 is 31.9 Å². The van der Waals surface area contributed by atoms with E-state index in [0.29, 0.717) is 22.7 Å². The number of esters is 1. The van der Waals surface area contributed by atoms with Gasteiger partial charge < -0.3 is 9.47 Å². The Morgan fingerprint density at radius 2 is 1.52 bits per heavy atom. The maximum absolute atomic E-state index is 13.1. The van der Waals surface area contributed by atoms with E-state index in [1.54, 1.807) is 48.5 Å². The lowest BCUT2D eigenvalue weighted by Crippen LogP contribution is -2.37. The lowest BCUT2D eigenvalue weighted by molar-refractivity contribution is -0.123. The van der Waals surface area contributed by atoms with Crippen LogP contribution in [0.4, 0.5) is 5.69 Å². The number of nitrogens with zero attached hydrogens (tertiary/aromatic N) is 1. The Kier molecular flexibility index (Phi) is 5.17. The highest BCUT2D eigenvalue weighted by molar-refractivity contribution is 9.12. The molecule has 0 aromatic heterocycles. The first-order valence-corrected chi connectivity index (χ1v) is 11.9. The van der Waals surface area contributed by atoms with Gasteiger partial charge >= 0.3 is 5.97 Å². The summed E-state index contributed by atoms with van der Waals surface area (Å²) in [6.45, 7) is 0. The van der Waals surface area contributed by atoms with Crippen molar-refractivity contribution in [3.05, 3.63) is 54.1 Å². The molecule has 8 heteroatoms. The van der Waals surface area contributed by atoms with Gasteiger partial charge in [0.25, 0.3) is 0 Å². The summed E-state index contributed by atoms with van der Waals surface area (Å²) in [5.74, 6) is -0.262. The number of hydrogen-bond acceptors (Lipinski definition) is 5. The number of amides is 2. The fourth-order valence-electron chi connectivity index (χ4n) is 5.24. The minimum absolute atomic E-state index is 0.134. The zero-order valence-electron chi connectivity index (χ0n) is 16.5. The van der Waals surface area contributed by atoms with E-state index in [9.17, 15) is 14.4 Å². The highest BCUT2D eigenvalue weighted by atomic mass is 79.9. The molecule has 2 aliphatic carbocycles. The number of alkyl halides is 2. The lowest BCUT2D eigenvalue weighted by atomic mass is 9.81. The number of para-hydroxylation sites is 1. The highest BCUT2D eigenvalue weighted by Gasteiger charge is 2.66. The molecule has 0 radical (unpaired) electrons. The Morgan fingerprint density at radius 3 is 2.10 bits per heavy atom. The van der Waals surface area contributed by atoms with Crippen LogP contribution in [0.2, 0.25) is 0 Å². The third-order valence-corrected chi connectivity index (χ3v) is 9.83. The number of benzene rings is 2. The van der Waals surface area contributed by atoms with Crippen LogP contribution in [0.25, 0.3) is 0 Å². The fourth-order valence-corrected chi connectivity index (χ4v) is 7.12. The van der Waals surface area contributed by atoms with Gasteiger partial charge in [0.2, 0.25) is 11.8 Å². The molecule has 5 rings (SSSR count). The minimum atomic E-state index is -0.545. The van der Waals surface area contributed by atoms with E-state index in [2.05, 4.69) is 31.9 Å². The van der Waals surface area contributed by atoms with Gasteiger partial charge in [-0.2, -0.15) is 0 Å². The number of methoxy groups -OCH3 is 1. The highest BCUT2D eigenvalue weighted by Crippen LogP contribution is 2.60. The van der Waals surface area contributed by atoms with Crippen LogP contribution in [0, 0.1) is 23.7 Å². The van der Waals surface area contributed by atoms with Crippen LogP contribution in [0.3, 0.4) is 0 Å². The zero-order chi connectivity index (χ0) is 21.9. The Bertz CT molecular complexity index is 1040. The maximum Gasteiger partial charge on any atom is 0.347 e. The zero-order valence-corrected chi connectivity index (χ0v) is 19.7. The molecule has 3 aliphatic rings. The first-order chi connectivity index (χ1) is 14.9. The first kappa shape index (κ1) is 20.7. The molecule has 2 aromatic rings. The second-order valence-corrected chi connectivity index (χ2v) is 10.2. The second-order valence-electron chi connectivity index (χ2n) is 8.10. The number of halogens is 2. The van der Waals surface area contributed by atoms with Crippen molar-refractivity contribution in [3.63, 3.8) is 0 Å². The van der Waals surface area contributed by atoms with E-state index in [0.717, 1.165) is 6.42 Å². The predicted molar refractivity (Wildman–Crippen MR) is 121 cm³/mol. The van der Waals surface area contributed by atoms with Crippen LogP contribution < -0.4 is 14.4 Å². The summed E-state index contributed by atoms with van der Waals surface area (Å²) in [7, 11) is 1.49. The van der Waals surface area contributed by atoms with Gasteiger partial charge in [-0.15, -0.1) is 0 Å². The summed E-state index contributed by atoms with van der Waals surface area (Å²) in [4.78, 5) is 40.4. The molecule has 1 saturated heterocycles. The summed E-state index contributed by atoms with van der Waals surface area (Å²) >= 11 is 7.39. The van der Waals surface area contributed by atoms with E-state index in [1.165, 1.54) is 12.0 Å². The van der Waals surface area contributed by atoms with Crippen molar-refractivity contribution >= 4 is 55.3 Å². The number of fused-ring (bicyclic) bond motifs is 5.